The van der Waals surface area contributed by atoms with E-state index < -0.39 is 0 Å². The third-order valence-corrected chi connectivity index (χ3v) is 4.78. The number of hydrogen-bond acceptors (Lipinski definition) is 2. The van der Waals surface area contributed by atoms with Crippen molar-refractivity contribution in [2.45, 2.75) is 38.6 Å². The number of aromatic amines is 1. The Morgan fingerprint density at radius 1 is 1.21 bits per heavy atom. The maximum absolute atomic E-state index is 12.6. The van der Waals surface area contributed by atoms with Gasteiger partial charge in [0.15, 0.2) is 0 Å². The first kappa shape index (κ1) is 14.9. The van der Waals surface area contributed by atoms with Gasteiger partial charge in [-0.05, 0) is 61.9 Å². The molecule has 4 nitrogen and oxygen atoms in total. The third kappa shape index (κ3) is 2.92. The largest absolute Gasteiger partial charge is 0.349 e. The van der Waals surface area contributed by atoms with E-state index in [2.05, 4.69) is 39.6 Å². The van der Waals surface area contributed by atoms with E-state index >= 15 is 0 Å². The number of amides is 1. The monoisotopic (exact) mass is 319 g/mol. The predicted molar refractivity (Wildman–Crippen MR) is 95.2 cm³/mol. The SMILES string of the molecule is Cc1nc2ccc(C(=O)N[C@@H]3CCCc4ccccc4C3)cc2[nH]1. The number of imidazole rings is 1. The van der Waals surface area contributed by atoms with Crippen molar-refractivity contribution >= 4 is 16.9 Å². The minimum Gasteiger partial charge on any atom is -0.349 e. The van der Waals surface area contributed by atoms with Gasteiger partial charge in [0.05, 0.1) is 11.0 Å². The molecule has 0 spiro atoms. The highest BCUT2D eigenvalue weighted by molar-refractivity contribution is 5.97. The second-order valence-corrected chi connectivity index (χ2v) is 6.59. The van der Waals surface area contributed by atoms with Crippen LogP contribution in [0.2, 0.25) is 0 Å². The molecular formula is C20H21N3O. The van der Waals surface area contributed by atoms with Crippen molar-refractivity contribution in [1.29, 1.82) is 0 Å². The van der Waals surface area contributed by atoms with Crippen molar-refractivity contribution in [2.75, 3.05) is 0 Å². The van der Waals surface area contributed by atoms with Crippen LogP contribution in [-0.4, -0.2) is 21.9 Å². The molecule has 2 N–H and O–H groups in total. The molecule has 1 amide bonds. The molecule has 1 heterocycles. The van der Waals surface area contributed by atoms with Gasteiger partial charge in [-0.3, -0.25) is 4.79 Å². The molecule has 0 saturated carbocycles. The van der Waals surface area contributed by atoms with Crippen LogP contribution in [0, 0.1) is 6.92 Å². The van der Waals surface area contributed by atoms with E-state index in [0.29, 0.717) is 5.56 Å². The third-order valence-electron chi connectivity index (χ3n) is 4.78. The average molecular weight is 319 g/mol. The van der Waals surface area contributed by atoms with Crippen molar-refractivity contribution in [3.8, 4) is 0 Å². The van der Waals surface area contributed by atoms with Crippen LogP contribution in [-0.2, 0) is 12.8 Å². The summed E-state index contributed by atoms with van der Waals surface area (Å²) >= 11 is 0. The van der Waals surface area contributed by atoms with Gasteiger partial charge in [-0.2, -0.15) is 0 Å². The lowest BCUT2D eigenvalue weighted by Crippen LogP contribution is -2.36. The standard InChI is InChI=1S/C20H21N3O/c1-13-21-18-10-9-16(12-19(18)22-13)20(24)23-17-8-4-7-14-5-2-3-6-15(14)11-17/h2-3,5-6,9-10,12,17H,4,7-8,11H2,1H3,(H,21,22)(H,23,24)/t17-/m1/s1. The number of H-pyrrole nitrogens is 1. The quantitative estimate of drug-likeness (QED) is 0.710. The van der Waals surface area contributed by atoms with Gasteiger partial charge in [0.1, 0.15) is 5.82 Å². The van der Waals surface area contributed by atoms with Gasteiger partial charge >= 0.3 is 0 Å². The van der Waals surface area contributed by atoms with Crippen LogP contribution in [0.25, 0.3) is 11.0 Å². The van der Waals surface area contributed by atoms with Crippen molar-refractivity contribution in [3.05, 3.63) is 65.0 Å². The van der Waals surface area contributed by atoms with Crippen LogP contribution in [0.15, 0.2) is 42.5 Å². The molecule has 0 fully saturated rings. The molecule has 1 atom stereocenters. The highest BCUT2D eigenvalue weighted by atomic mass is 16.1. The number of aromatic nitrogens is 2. The fourth-order valence-corrected chi connectivity index (χ4v) is 3.58. The van der Waals surface area contributed by atoms with Crippen molar-refractivity contribution in [2.24, 2.45) is 0 Å². The first-order valence-corrected chi connectivity index (χ1v) is 8.53. The van der Waals surface area contributed by atoms with Crippen LogP contribution < -0.4 is 5.32 Å². The van der Waals surface area contributed by atoms with Gasteiger partial charge in [0, 0.05) is 11.6 Å². The lowest BCUT2D eigenvalue weighted by molar-refractivity contribution is 0.0935. The summed E-state index contributed by atoms with van der Waals surface area (Å²) in [6.45, 7) is 1.92. The van der Waals surface area contributed by atoms with Crippen molar-refractivity contribution in [1.82, 2.24) is 15.3 Å². The van der Waals surface area contributed by atoms with Gasteiger partial charge in [-0.15, -0.1) is 0 Å². The van der Waals surface area contributed by atoms with E-state index in [1.165, 1.54) is 11.1 Å². The van der Waals surface area contributed by atoms with E-state index in [-0.39, 0.29) is 11.9 Å². The van der Waals surface area contributed by atoms with E-state index in [4.69, 9.17) is 0 Å². The normalized spacial score (nSPS) is 17.3. The van der Waals surface area contributed by atoms with Crippen LogP contribution in [0.3, 0.4) is 0 Å². The summed E-state index contributed by atoms with van der Waals surface area (Å²) in [5.74, 6) is 0.858. The van der Waals surface area contributed by atoms with E-state index in [9.17, 15) is 4.79 Å². The summed E-state index contributed by atoms with van der Waals surface area (Å²) in [6.07, 6.45) is 4.14. The van der Waals surface area contributed by atoms with Gasteiger partial charge in [-0.1, -0.05) is 24.3 Å². The molecule has 4 rings (SSSR count). The van der Waals surface area contributed by atoms with Gasteiger partial charge < -0.3 is 10.3 Å². The Morgan fingerprint density at radius 3 is 2.92 bits per heavy atom. The Labute approximate surface area is 141 Å². The van der Waals surface area contributed by atoms with E-state index in [1.807, 2.05) is 25.1 Å². The summed E-state index contributed by atoms with van der Waals surface area (Å²) in [7, 11) is 0. The maximum atomic E-state index is 12.6. The van der Waals surface area contributed by atoms with E-state index in [1.54, 1.807) is 0 Å². The molecule has 1 aliphatic carbocycles. The van der Waals surface area contributed by atoms with Crippen LogP contribution in [0.1, 0.15) is 40.2 Å². The zero-order valence-corrected chi connectivity index (χ0v) is 13.8. The predicted octanol–water partition coefficient (Wildman–Crippen LogP) is 3.55. The summed E-state index contributed by atoms with van der Waals surface area (Å²) < 4.78 is 0. The summed E-state index contributed by atoms with van der Waals surface area (Å²) in [6, 6.07) is 14.4. The second kappa shape index (κ2) is 6.11. The molecule has 24 heavy (non-hydrogen) atoms. The number of nitrogens with one attached hydrogen (secondary N) is 2. The number of carbonyl (C=O) groups is 1. The Hall–Kier alpha value is -2.62. The maximum Gasteiger partial charge on any atom is 0.251 e. The highest BCUT2D eigenvalue weighted by Gasteiger charge is 2.19. The molecule has 0 saturated heterocycles. The van der Waals surface area contributed by atoms with Gasteiger partial charge in [0.2, 0.25) is 0 Å². The Kier molecular flexibility index (Phi) is 3.81. The number of fused-ring (bicyclic) bond motifs is 2. The molecular weight excluding hydrogens is 298 g/mol. The van der Waals surface area contributed by atoms with Crippen LogP contribution in [0.5, 0.6) is 0 Å². The number of carbonyl (C=O) groups excluding carboxylic acids is 1. The lowest BCUT2D eigenvalue weighted by Gasteiger charge is -2.17. The molecule has 122 valence electrons. The zero-order chi connectivity index (χ0) is 16.5. The number of hydrogen-bond donors (Lipinski definition) is 2. The van der Waals surface area contributed by atoms with Gasteiger partial charge in [-0.25, -0.2) is 4.98 Å². The Bertz CT molecular complexity index is 897. The summed E-state index contributed by atoms with van der Waals surface area (Å²) in [5, 5.41) is 3.21. The molecule has 1 aliphatic rings. The molecule has 0 radical (unpaired) electrons. The number of aryl methyl sites for hydroxylation is 2. The fraction of sp³-hybridized carbons (Fsp3) is 0.300. The van der Waals surface area contributed by atoms with Gasteiger partial charge in [0.25, 0.3) is 5.91 Å². The molecule has 0 unspecified atom stereocenters. The summed E-state index contributed by atoms with van der Waals surface area (Å²) in [5.41, 5.74) is 5.27. The van der Waals surface area contributed by atoms with Crippen LogP contribution >= 0.6 is 0 Å². The molecule has 4 heteroatoms. The zero-order valence-electron chi connectivity index (χ0n) is 13.8. The molecule has 0 bridgehead atoms. The average Bonchev–Trinajstić information content (AvgIpc) is 2.82. The Morgan fingerprint density at radius 2 is 2.04 bits per heavy atom. The first-order valence-electron chi connectivity index (χ1n) is 8.53. The van der Waals surface area contributed by atoms with E-state index in [0.717, 1.165) is 42.5 Å². The number of benzene rings is 2. The lowest BCUT2D eigenvalue weighted by atomic mass is 10.0. The number of nitrogens with zero attached hydrogens (tertiary/aromatic N) is 1. The first-order chi connectivity index (χ1) is 11.7. The molecule has 2 aromatic carbocycles. The second-order valence-electron chi connectivity index (χ2n) is 6.59. The molecule has 1 aromatic heterocycles. The highest BCUT2D eigenvalue weighted by Crippen LogP contribution is 2.21. The minimum absolute atomic E-state index is 0.00599. The van der Waals surface area contributed by atoms with Crippen molar-refractivity contribution < 1.29 is 4.79 Å². The smallest absolute Gasteiger partial charge is 0.251 e. The fourth-order valence-electron chi connectivity index (χ4n) is 3.58. The molecule has 0 aliphatic heterocycles. The minimum atomic E-state index is -0.00599. The van der Waals surface area contributed by atoms with Crippen molar-refractivity contribution in [3.63, 3.8) is 0 Å². The number of rotatable bonds is 2. The summed E-state index contributed by atoms with van der Waals surface area (Å²) in [4.78, 5) is 20.2. The topological polar surface area (TPSA) is 57.8 Å². The Balaban J connectivity index is 1.52. The van der Waals surface area contributed by atoms with Crippen LogP contribution in [0.4, 0.5) is 0 Å². The molecule has 3 aromatic rings.